The zero-order chi connectivity index (χ0) is 13.6. The van der Waals surface area contributed by atoms with Gasteiger partial charge in [0, 0.05) is 0 Å². The summed E-state index contributed by atoms with van der Waals surface area (Å²) >= 11 is 2.39. The molecule has 0 aliphatic rings. The Hall–Kier alpha value is -0.900. The van der Waals surface area contributed by atoms with Crippen molar-refractivity contribution in [1.29, 1.82) is 0 Å². The fourth-order valence-corrected chi connectivity index (χ4v) is 1.83. The number of hydrogen-bond donors (Lipinski definition) is 1. The molecule has 1 aromatic rings. The van der Waals surface area contributed by atoms with E-state index in [9.17, 15) is 18.0 Å². The molecule has 0 aromatic carbocycles. The first-order chi connectivity index (χ1) is 8.40. The van der Waals surface area contributed by atoms with Gasteiger partial charge < -0.3 is 9.73 Å². The molecule has 0 spiro atoms. The Kier molecular flexibility index (Phi) is 5.79. The van der Waals surface area contributed by atoms with Gasteiger partial charge in [-0.05, 0) is 6.26 Å². The quantitative estimate of drug-likeness (QED) is 0.807. The number of rotatable bonds is 6. The van der Waals surface area contributed by atoms with E-state index in [1.165, 1.54) is 11.8 Å². The number of thioether (sulfide) groups is 2. The Morgan fingerprint density at radius 1 is 1.44 bits per heavy atom. The summed E-state index contributed by atoms with van der Waals surface area (Å²) in [6.45, 7) is -1.34. The second-order valence-electron chi connectivity index (χ2n) is 3.08. The van der Waals surface area contributed by atoms with Crippen molar-refractivity contribution >= 4 is 29.4 Å². The molecule has 5 nitrogen and oxygen atoms in total. The van der Waals surface area contributed by atoms with Gasteiger partial charge in [-0.2, -0.15) is 24.9 Å². The van der Waals surface area contributed by atoms with E-state index in [0.29, 0.717) is 11.6 Å². The Bertz CT molecular complexity index is 397. The summed E-state index contributed by atoms with van der Waals surface area (Å²) in [6.07, 6.45) is -2.54. The van der Waals surface area contributed by atoms with Crippen LogP contribution >= 0.6 is 23.5 Å². The molecule has 0 radical (unpaired) electrons. The second kappa shape index (κ2) is 6.88. The molecular weight excluding hydrogens is 291 g/mol. The summed E-state index contributed by atoms with van der Waals surface area (Å²) < 4.78 is 40.5. The molecule has 0 atom stereocenters. The van der Waals surface area contributed by atoms with Crippen LogP contribution in [-0.2, 0) is 10.5 Å². The fourth-order valence-electron chi connectivity index (χ4n) is 0.855. The molecule has 0 saturated carbocycles. The van der Waals surface area contributed by atoms with Crippen molar-refractivity contribution in [2.75, 3.05) is 18.6 Å². The maximum atomic E-state index is 11.8. The highest BCUT2D eigenvalue weighted by atomic mass is 32.2. The van der Waals surface area contributed by atoms with Gasteiger partial charge in [-0.15, -0.1) is 10.2 Å². The number of aromatic nitrogens is 2. The zero-order valence-corrected chi connectivity index (χ0v) is 10.9. The maximum Gasteiger partial charge on any atom is 0.405 e. The first kappa shape index (κ1) is 15.2. The third kappa shape index (κ3) is 6.15. The van der Waals surface area contributed by atoms with Crippen LogP contribution in [0.1, 0.15) is 5.89 Å². The van der Waals surface area contributed by atoms with Crippen LogP contribution in [0.2, 0.25) is 0 Å². The summed E-state index contributed by atoms with van der Waals surface area (Å²) in [5.41, 5.74) is 0. The fraction of sp³-hybridized carbons (Fsp3) is 0.625. The van der Waals surface area contributed by atoms with Crippen LogP contribution in [0.4, 0.5) is 13.2 Å². The SMILES string of the molecule is CSCc1nnc(SCC(=O)NCC(F)(F)F)o1. The predicted molar refractivity (Wildman–Crippen MR) is 61.3 cm³/mol. The number of nitrogens with one attached hydrogen (secondary N) is 1. The molecule has 1 N–H and O–H groups in total. The lowest BCUT2D eigenvalue weighted by Gasteiger charge is -2.06. The summed E-state index contributed by atoms with van der Waals surface area (Å²) in [5.74, 6) is 0.0350. The number of alkyl halides is 3. The summed E-state index contributed by atoms with van der Waals surface area (Å²) in [6, 6.07) is 0. The zero-order valence-electron chi connectivity index (χ0n) is 9.28. The first-order valence-corrected chi connectivity index (χ1v) is 7.06. The maximum absolute atomic E-state index is 11.8. The number of carbonyl (C=O) groups excluding carboxylic acids is 1. The third-order valence-electron chi connectivity index (χ3n) is 1.53. The lowest BCUT2D eigenvalue weighted by molar-refractivity contribution is -0.136. The molecule has 1 aromatic heterocycles. The van der Waals surface area contributed by atoms with Crippen molar-refractivity contribution < 1.29 is 22.4 Å². The minimum Gasteiger partial charge on any atom is -0.415 e. The molecule has 0 unspecified atom stereocenters. The molecule has 0 aliphatic heterocycles. The Morgan fingerprint density at radius 3 is 2.78 bits per heavy atom. The van der Waals surface area contributed by atoms with Crippen molar-refractivity contribution in [2.24, 2.45) is 0 Å². The van der Waals surface area contributed by atoms with Crippen molar-refractivity contribution in [1.82, 2.24) is 15.5 Å². The number of hydrogen-bond acceptors (Lipinski definition) is 6. The first-order valence-electron chi connectivity index (χ1n) is 4.68. The third-order valence-corrected chi connectivity index (χ3v) is 2.88. The Labute approximate surface area is 109 Å². The van der Waals surface area contributed by atoms with E-state index in [4.69, 9.17) is 4.42 Å². The lowest BCUT2D eigenvalue weighted by atomic mass is 10.6. The van der Waals surface area contributed by atoms with Crippen LogP contribution in [0.3, 0.4) is 0 Å². The van der Waals surface area contributed by atoms with Gasteiger partial charge in [0.05, 0.1) is 11.5 Å². The number of carbonyl (C=O) groups is 1. The van der Waals surface area contributed by atoms with E-state index in [2.05, 4.69) is 10.2 Å². The number of halogens is 3. The van der Waals surface area contributed by atoms with Crippen LogP contribution in [-0.4, -0.2) is 40.8 Å². The predicted octanol–water partition coefficient (Wildman–Crippen LogP) is 1.70. The monoisotopic (exact) mass is 301 g/mol. The molecule has 102 valence electrons. The minimum atomic E-state index is -4.41. The van der Waals surface area contributed by atoms with Gasteiger partial charge in [0.15, 0.2) is 0 Å². The average molecular weight is 301 g/mol. The number of amides is 1. The Balaban J connectivity index is 2.29. The summed E-state index contributed by atoms with van der Waals surface area (Å²) in [4.78, 5) is 11.1. The average Bonchev–Trinajstić information content (AvgIpc) is 2.71. The van der Waals surface area contributed by atoms with Crippen LogP contribution in [0, 0.1) is 0 Å². The van der Waals surface area contributed by atoms with E-state index in [0.717, 1.165) is 11.8 Å². The van der Waals surface area contributed by atoms with E-state index < -0.39 is 18.6 Å². The molecule has 0 saturated heterocycles. The smallest absolute Gasteiger partial charge is 0.405 e. The highest BCUT2D eigenvalue weighted by molar-refractivity contribution is 7.99. The minimum absolute atomic E-state index is 0.168. The van der Waals surface area contributed by atoms with Crippen molar-refractivity contribution in [3.05, 3.63) is 5.89 Å². The topological polar surface area (TPSA) is 68.0 Å². The lowest BCUT2D eigenvalue weighted by Crippen LogP contribution is -2.34. The molecule has 18 heavy (non-hydrogen) atoms. The van der Waals surface area contributed by atoms with Gasteiger partial charge in [-0.1, -0.05) is 11.8 Å². The molecule has 0 bridgehead atoms. The number of nitrogens with zero attached hydrogens (tertiary/aromatic N) is 2. The van der Waals surface area contributed by atoms with E-state index in [1.54, 1.807) is 5.32 Å². The van der Waals surface area contributed by atoms with Crippen LogP contribution < -0.4 is 5.32 Å². The van der Waals surface area contributed by atoms with Crippen molar-refractivity contribution in [3.63, 3.8) is 0 Å². The van der Waals surface area contributed by atoms with Gasteiger partial charge in [0.25, 0.3) is 5.22 Å². The Morgan fingerprint density at radius 2 is 2.17 bits per heavy atom. The molecule has 1 rings (SSSR count). The van der Waals surface area contributed by atoms with Gasteiger partial charge >= 0.3 is 6.18 Å². The van der Waals surface area contributed by atoms with E-state index >= 15 is 0 Å². The molecule has 10 heteroatoms. The molecular formula is C8H10F3N3O2S2. The molecule has 0 fully saturated rings. The normalized spacial score (nSPS) is 11.6. The largest absolute Gasteiger partial charge is 0.415 e. The molecule has 0 aliphatic carbocycles. The van der Waals surface area contributed by atoms with Crippen LogP contribution in [0.15, 0.2) is 9.64 Å². The second-order valence-corrected chi connectivity index (χ2v) is 4.87. The summed E-state index contributed by atoms with van der Waals surface area (Å²) in [7, 11) is 0. The van der Waals surface area contributed by atoms with Crippen LogP contribution in [0.5, 0.6) is 0 Å². The van der Waals surface area contributed by atoms with Crippen molar-refractivity contribution in [3.8, 4) is 0 Å². The highest BCUT2D eigenvalue weighted by Gasteiger charge is 2.27. The van der Waals surface area contributed by atoms with Gasteiger partial charge in [-0.25, -0.2) is 0 Å². The van der Waals surface area contributed by atoms with Gasteiger partial charge in [0.2, 0.25) is 11.8 Å². The molecule has 1 heterocycles. The van der Waals surface area contributed by atoms with E-state index in [1.807, 2.05) is 6.26 Å². The van der Waals surface area contributed by atoms with Crippen molar-refractivity contribution in [2.45, 2.75) is 17.2 Å². The highest BCUT2D eigenvalue weighted by Crippen LogP contribution is 2.18. The standard InChI is InChI=1S/C8H10F3N3O2S2/c1-17-3-6-13-14-7(16-6)18-2-5(15)12-4-8(9,10)11/h2-4H2,1H3,(H,12,15). The molecule has 1 amide bonds. The van der Waals surface area contributed by atoms with Gasteiger partial charge in [-0.3, -0.25) is 4.79 Å². The summed E-state index contributed by atoms with van der Waals surface area (Å²) in [5, 5.41) is 9.26. The van der Waals surface area contributed by atoms with E-state index in [-0.39, 0.29) is 11.0 Å². The van der Waals surface area contributed by atoms with Crippen LogP contribution in [0.25, 0.3) is 0 Å². The van der Waals surface area contributed by atoms with Gasteiger partial charge in [0.1, 0.15) is 6.54 Å².